The van der Waals surface area contributed by atoms with Crippen molar-refractivity contribution in [2.45, 2.75) is 90.3 Å². The maximum Gasteiger partial charge on any atom is 0.246 e. The van der Waals surface area contributed by atoms with Gasteiger partial charge >= 0.3 is 0 Å². The highest BCUT2D eigenvalue weighted by atomic mass is 32.1. The first kappa shape index (κ1) is 22.5. The predicted molar refractivity (Wildman–Crippen MR) is 119 cm³/mol. The lowest BCUT2D eigenvalue weighted by molar-refractivity contribution is -0.145. The molecule has 164 valence electrons. The molecule has 2 aliphatic heterocycles. The number of amides is 2. The largest absolute Gasteiger partial charge is 0.367 e. The number of unbranched alkanes of at least 4 members (excludes halogenated alkanes) is 1. The normalized spacial score (nSPS) is 33.0. The standard InChI is InChI=1S/C22H38N4O2S/c1-4-5-6-14-9-15(10-14)20(27)24-13-17-8-7-16-11-22(2,3)19(21(28)26(16)17)25-18(29)12-23/h14-17,19H,4-13,23H2,1-3H3,(H,24,27)(H,25,29)/t14?,15?,16?,17-,19-/m1/s1. The summed E-state index contributed by atoms with van der Waals surface area (Å²) in [6.45, 7) is 7.27. The lowest BCUT2D eigenvalue weighted by Crippen LogP contribution is -2.64. The molecule has 2 amide bonds. The predicted octanol–water partition coefficient (Wildman–Crippen LogP) is 2.35. The van der Waals surface area contributed by atoms with E-state index in [2.05, 4.69) is 31.4 Å². The van der Waals surface area contributed by atoms with Gasteiger partial charge in [0.05, 0.1) is 4.99 Å². The summed E-state index contributed by atoms with van der Waals surface area (Å²) in [7, 11) is 0. The molecule has 7 heteroatoms. The van der Waals surface area contributed by atoms with Crippen molar-refractivity contribution in [1.82, 2.24) is 15.5 Å². The van der Waals surface area contributed by atoms with Crippen LogP contribution in [0, 0.1) is 17.3 Å². The molecule has 0 aromatic carbocycles. The van der Waals surface area contributed by atoms with Crippen molar-refractivity contribution in [3.8, 4) is 0 Å². The summed E-state index contributed by atoms with van der Waals surface area (Å²) in [6, 6.07) is -0.0117. The molecule has 2 heterocycles. The van der Waals surface area contributed by atoms with Crippen LogP contribution in [0.15, 0.2) is 0 Å². The van der Waals surface area contributed by atoms with E-state index >= 15 is 0 Å². The highest BCUT2D eigenvalue weighted by molar-refractivity contribution is 7.80. The Balaban J connectivity index is 1.54. The summed E-state index contributed by atoms with van der Waals surface area (Å²) in [5, 5.41) is 6.34. The Labute approximate surface area is 180 Å². The van der Waals surface area contributed by atoms with Crippen LogP contribution in [0.25, 0.3) is 0 Å². The van der Waals surface area contributed by atoms with E-state index in [4.69, 9.17) is 18.0 Å². The van der Waals surface area contributed by atoms with Crippen LogP contribution >= 0.6 is 12.2 Å². The zero-order valence-electron chi connectivity index (χ0n) is 18.2. The lowest BCUT2D eigenvalue weighted by atomic mass is 9.72. The Bertz CT molecular complexity index is 632. The minimum Gasteiger partial charge on any atom is -0.367 e. The fourth-order valence-electron chi connectivity index (χ4n) is 5.45. The van der Waals surface area contributed by atoms with Crippen molar-refractivity contribution in [2.24, 2.45) is 23.0 Å². The van der Waals surface area contributed by atoms with Crippen molar-refractivity contribution in [3.05, 3.63) is 0 Å². The number of piperidine rings is 1. The number of hydrogen-bond donors (Lipinski definition) is 3. The van der Waals surface area contributed by atoms with Gasteiger partial charge < -0.3 is 21.3 Å². The molecule has 29 heavy (non-hydrogen) atoms. The SMILES string of the molecule is CCCCC1CC(C(=O)NC[C@H]2CCC3CC(C)(C)[C@H](NC(=S)CN)C(=O)N32)C1. The van der Waals surface area contributed by atoms with Crippen LogP contribution in [0.5, 0.6) is 0 Å². The van der Waals surface area contributed by atoms with E-state index in [0.717, 1.165) is 38.0 Å². The van der Waals surface area contributed by atoms with E-state index in [1.54, 1.807) is 0 Å². The third-order valence-corrected chi connectivity index (χ3v) is 7.52. The molecular weight excluding hydrogens is 384 g/mol. The molecule has 3 atom stereocenters. The third kappa shape index (κ3) is 4.93. The highest BCUT2D eigenvalue weighted by Crippen LogP contribution is 2.42. The summed E-state index contributed by atoms with van der Waals surface area (Å²) in [5.41, 5.74) is 5.47. The van der Waals surface area contributed by atoms with Crippen LogP contribution in [0.3, 0.4) is 0 Å². The fraction of sp³-hybridized carbons (Fsp3) is 0.864. The average Bonchev–Trinajstić information content (AvgIpc) is 3.03. The smallest absolute Gasteiger partial charge is 0.246 e. The Morgan fingerprint density at radius 1 is 1.31 bits per heavy atom. The van der Waals surface area contributed by atoms with Gasteiger partial charge in [-0.3, -0.25) is 9.59 Å². The quantitative estimate of drug-likeness (QED) is 0.523. The zero-order valence-corrected chi connectivity index (χ0v) is 19.0. The van der Waals surface area contributed by atoms with Crippen molar-refractivity contribution in [3.63, 3.8) is 0 Å². The minimum atomic E-state index is -0.350. The van der Waals surface area contributed by atoms with Crippen LogP contribution in [-0.4, -0.2) is 52.9 Å². The Hall–Kier alpha value is -1.21. The van der Waals surface area contributed by atoms with Gasteiger partial charge in [0.25, 0.3) is 0 Å². The molecule has 1 aliphatic carbocycles. The van der Waals surface area contributed by atoms with Gasteiger partial charge in [0.15, 0.2) is 0 Å². The van der Waals surface area contributed by atoms with Crippen LogP contribution in [0.1, 0.15) is 72.1 Å². The van der Waals surface area contributed by atoms with Crippen molar-refractivity contribution in [1.29, 1.82) is 0 Å². The molecule has 3 rings (SSSR count). The van der Waals surface area contributed by atoms with Crippen LogP contribution < -0.4 is 16.4 Å². The molecule has 3 aliphatic rings. The summed E-state index contributed by atoms with van der Waals surface area (Å²) in [5.74, 6) is 1.17. The Kier molecular flexibility index (Phi) is 7.20. The molecule has 1 saturated carbocycles. The molecular formula is C22H38N4O2S. The van der Waals surface area contributed by atoms with E-state index < -0.39 is 0 Å². The van der Waals surface area contributed by atoms with E-state index in [1.165, 1.54) is 19.3 Å². The first-order valence-corrected chi connectivity index (χ1v) is 11.8. The van der Waals surface area contributed by atoms with Crippen molar-refractivity contribution < 1.29 is 9.59 Å². The number of nitrogens with zero attached hydrogens (tertiary/aromatic N) is 1. The molecule has 0 bridgehead atoms. The second-order valence-electron chi connectivity index (χ2n) is 9.95. The van der Waals surface area contributed by atoms with Crippen LogP contribution in [0.4, 0.5) is 0 Å². The van der Waals surface area contributed by atoms with Gasteiger partial charge in [-0.05, 0) is 43.4 Å². The number of nitrogens with two attached hydrogens (primary N) is 1. The molecule has 0 radical (unpaired) electrons. The monoisotopic (exact) mass is 422 g/mol. The zero-order chi connectivity index (χ0) is 21.2. The van der Waals surface area contributed by atoms with Crippen LogP contribution in [0.2, 0.25) is 0 Å². The summed E-state index contributed by atoms with van der Waals surface area (Å²) in [4.78, 5) is 28.4. The van der Waals surface area contributed by atoms with Gasteiger partial charge in [-0.2, -0.15) is 0 Å². The molecule has 1 unspecified atom stereocenters. The van der Waals surface area contributed by atoms with E-state index in [0.29, 0.717) is 11.5 Å². The van der Waals surface area contributed by atoms with Crippen molar-refractivity contribution >= 4 is 29.0 Å². The van der Waals surface area contributed by atoms with Gasteiger partial charge in [0, 0.05) is 31.1 Å². The number of rotatable bonds is 8. The first-order chi connectivity index (χ1) is 13.8. The third-order valence-electron chi connectivity index (χ3n) is 7.24. The van der Waals surface area contributed by atoms with Crippen LogP contribution in [-0.2, 0) is 9.59 Å². The maximum atomic E-state index is 13.3. The lowest BCUT2D eigenvalue weighted by Gasteiger charge is -2.47. The second-order valence-corrected chi connectivity index (χ2v) is 10.4. The number of hydrogen-bond acceptors (Lipinski definition) is 4. The number of fused-ring (bicyclic) bond motifs is 1. The molecule has 2 saturated heterocycles. The Morgan fingerprint density at radius 3 is 2.69 bits per heavy atom. The van der Waals surface area contributed by atoms with Gasteiger partial charge in [-0.15, -0.1) is 0 Å². The van der Waals surface area contributed by atoms with Gasteiger partial charge in [-0.25, -0.2) is 0 Å². The fourth-order valence-corrected chi connectivity index (χ4v) is 5.57. The molecule has 0 aromatic heterocycles. The topological polar surface area (TPSA) is 87.5 Å². The summed E-state index contributed by atoms with van der Waals surface area (Å²) >= 11 is 5.25. The van der Waals surface area contributed by atoms with E-state index in [-0.39, 0.29) is 47.8 Å². The van der Waals surface area contributed by atoms with E-state index in [9.17, 15) is 9.59 Å². The maximum absolute atomic E-state index is 13.3. The summed E-state index contributed by atoms with van der Waals surface area (Å²) in [6.07, 6.45) is 8.69. The summed E-state index contributed by atoms with van der Waals surface area (Å²) < 4.78 is 0. The van der Waals surface area contributed by atoms with Gasteiger partial charge in [-0.1, -0.05) is 52.3 Å². The number of carbonyl (C=O) groups is 2. The van der Waals surface area contributed by atoms with E-state index in [1.807, 2.05) is 4.90 Å². The molecule has 0 spiro atoms. The minimum absolute atomic E-state index is 0.0827. The molecule has 6 nitrogen and oxygen atoms in total. The number of nitrogens with one attached hydrogen (secondary N) is 2. The molecule has 4 N–H and O–H groups in total. The second kappa shape index (κ2) is 9.29. The number of thiocarbonyl (C=S) groups is 1. The molecule has 0 aromatic rings. The van der Waals surface area contributed by atoms with Gasteiger partial charge in [0.2, 0.25) is 11.8 Å². The number of carbonyl (C=O) groups excluding carboxylic acids is 2. The first-order valence-electron chi connectivity index (χ1n) is 11.4. The van der Waals surface area contributed by atoms with Gasteiger partial charge in [0.1, 0.15) is 6.04 Å². The average molecular weight is 423 g/mol. The van der Waals surface area contributed by atoms with Crippen molar-refractivity contribution in [2.75, 3.05) is 13.1 Å². The highest BCUT2D eigenvalue weighted by Gasteiger charge is 2.51. The molecule has 3 fully saturated rings. The Morgan fingerprint density at radius 2 is 2.03 bits per heavy atom.